The molecule has 0 atom stereocenters. The van der Waals surface area contributed by atoms with E-state index >= 15 is 0 Å². The summed E-state index contributed by atoms with van der Waals surface area (Å²) in [6.07, 6.45) is -0.513. The topological polar surface area (TPSA) is 90.2 Å². The number of nitrogens with zero attached hydrogens (tertiary/aromatic N) is 3. The van der Waals surface area contributed by atoms with Crippen molar-refractivity contribution in [2.24, 2.45) is 0 Å². The number of nitro benzene ring substituents is 1. The number of halogens is 3. The summed E-state index contributed by atoms with van der Waals surface area (Å²) in [7, 11) is 0. The van der Waals surface area contributed by atoms with Gasteiger partial charge in [-0.05, 0) is 18.6 Å². The number of non-ortho nitro benzene ring substituents is 1. The molecule has 0 spiro atoms. The van der Waals surface area contributed by atoms with Gasteiger partial charge in [0.15, 0.2) is 0 Å². The van der Waals surface area contributed by atoms with Crippen molar-refractivity contribution in [2.75, 3.05) is 11.9 Å². The Bertz CT molecular complexity index is 767. The molecule has 0 aliphatic heterocycles. The van der Waals surface area contributed by atoms with Gasteiger partial charge in [0.25, 0.3) is 5.69 Å². The van der Waals surface area contributed by atoms with Crippen molar-refractivity contribution in [1.82, 2.24) is 9.97 Å². The Balaban J connectivity index is 2.14. The molecule has 1 heterocycles. The minimum atomic E-state index is -4.63. The summed E-state index contributed by atoms with van der Waals surface area (Å²) in [4.78, 5) is 17.6. The standard InChI is InChI=1S/C17H19F3N4O3/c1-2-3-4-5-10-27-15-14(17(18,19)20)11-21-16(23-15)22-12-6-8-13(9-7-12)24(25)26/h6-9,11H,2-5,10H2,1H3,(H,21,22,23). The number of aromatic nitrogens is 2. The van der Waals surface area contributed by atoms with E-state index in [2.05, 4.69) is 15.3 Å². The molecule has 2 aromatic rings. The third-order valence-corrected chi connectivity index (χ3v) is 3.63. The zero-order chi connectivity index (χ0) is 19.9. The second-order valence-electron chi connectivity index (χ2n) is 5.75. The van der Waals surface area contributed by atoms with Gasteiger partial charge >= 0.3 is 6.18 Å². The van der Waals surface area contributed by atoms with Gasteiger partial charge in [0.1, 0.15) is 5.56 Å². The Morgan fingerprint density at radius 3 is 2.48 bits per heavy atom. The van der Waals surface area contributed by atoms with Gasteiger partial charge in [-0.2, -0.15) is 18.2 Å². The molecule has 0 aliphatic rings. The number of anilines is 2. The highest BCUT2D eigenvalue weighted by Crippen LogP contribution is 2.35. The van der Waals surface area contributed by atoms with Crippen molar-refractivity contribution in [3.05, 3.63) is 46.1 Å². The van der Waals surface area contributed by atoms with Crippen LogP contribution in [0, 0.1) is 10.1 Å². The molecule has 2 rings (SSSR count). The van der Waals surface area contributed by atoms with Gasteiger partial charge in [-0.3, -0.25) is 10.1 Å². The highest BCUT2D eigenvalue weighted by atomic mass is 19.4. The van der Waals surface area contributed by atoms with Gasteiger partial charge in [0.2, 0.25) is 11.8 Å². The van der Waals surface area contributed by atoms with Gasteiger partial charge in [0, 0.05) is 24.0 Å². The van der Waals surface area contributed by atoms with E-state index in [-0.39, 0.29) is 18.2 Å². The fourth-order valence-corrected chi connectivity index (χ4v) is 2.22. The van der Waals surface area contributed by atoms with Crippen LogP contribution in [0.5, 0.6) is 5.88 Å². The molecule has 1 aromatic heterocycles. The summed E-state index contributed by atoms with van der Waals surface area (Å²) in [6.45, 7) is 2.15. The van der Waals surface area contributed by atoms with Gasteiger partial charge in [0.05, 0.1) is 11.5 Å². The average Bonchev–Trinajstić information content (AvgIpc) is 2.61. The minimum Gasteiger partial charge on any atom is -0.477 e. The van der Waals surface area contributed by atoms with Crippen molar-refractivity contribution in [3.8, 4) is 5.88 Å². The first-order chi connectivity index (χ1) is 12.8. The van der Waals surface area contributed by atoms with Crippen LogP contribution in [0.1, 0.15) is 38.2 Å². The Kier molecular flexibility index (Phi) is 6.91. The van der Waals surface area contributed by atoms with Crippen molar-refractivity contribution in [1.29, 1.82) is 0 Å². The number of alkyl halides is 3. The lowest BCUT2D eigenvalue weighted by molar-refractivity contribution is -0.384. The molecule has 0 aliphatic carbocycles. The number of nitro groups is 1. The van der Waals surface area contributed by atoms with E-state index in [0.717, 1.165) is 19.3 Å². The molecule has 0 amide bonds. The predicted octanol–water partition coefficient (Wildman–Crippen LogP) is 5.11. The van der Waals surface area contributed by atoms with Crippen molar-refractivity contribution < 1.29 is 22.8 Å². The SMILES string of the molecule is CCCCCCOc1nc(Nc2ccc([N+](=O)[O-])cc2)ncc1C(F)(F)F. The smallest absolute Gasteiger partial charge is 0.423 e. The fraction of sp³-hybridized carbons (Fsp3) is 0.412. The predicted molar refractivity (Wildman–Crippen MR) is 93.1 cm³/mol. The van der Waals surface area contributed by atoms with E-state index in [9.17, 15) is 23.3 Å². The maximum atomic E-state index is 13.1. The number of nitrogens with one attached hydrogen (secondary N) is 1. The molecule has 0 unspecified atom stereocenters. The lowest BCUT2D eigenvalue weighted by atomic mass is 10.2. The Hall–Kier alpha value is -2.91. The Labute approximate surface area is 153 Å². The molecule has 0 saturated heterocycles. The number of ether oxygens (including phenoxy) is 1. The molecule has 0 saturated carbocycles. The summed E-state index contributed by atoms with van der Waals surface area (Å²) >= 11 is 0. The second kappa shape index (κ2) is 9.15. The van der Waals surface area contributed by atoms with E-state index in [1.54, 1.807) is 0 Å². The zero-order valence-corrected chi connectivity index (χ0v) is 14.6. The summed E-state index contributed by atoms with van der Waals surface area (Å²) in [6, 6.07) is 5.34. The van der Waals surface area contributed by atoms with Crippen molar-refractivity contribution >= 4 is 17.3 Å². The molecular formula is C17H19F3N4O3. The average molecular weight is 384 g/mol. The number of rotatable bonds is 9. The monoisotopic (exact) mass is 384 g/mol. The van der Waals surface area contributed by atoms with Crippen molar-refractivity contribution in [2.45, 2.75) is 38.8 Å². The van der Waals surface area contributed by atoms with E-state index in [1.807, 2.05) is 6.92 Å². The lowest BCUT2D eigenvalue weighted by Gasteiger charge is -2.14. The largest absolute Gasteiger partial charge is 0.477 e. The molecule has 7 nitrogen and oxygen atoms in total. The molecule has 27 heavy (non-hydrogen) atoms. The molecule has 0 fully saturated rings. The quantitative estimate of drug-likeness (QED) is 0.367. The van der Waals surface area contributed by atoms with Crippen LogP contribution in [-0.4, -0.2) is 21.5 Å². The first kappa shape index (κ1) is 20.4. The van der Waals surface area contributed by atoms with Gasteiger partial charge < -0.3 is 10.1 Å². The minimum absolute atomic E-state index is 0.0968. The van der Waals surface area contributed by atoms with Crippen LogP contribution in [0.15, 0.2) is 30.5 Å². The Morgan fingerprint density at radius 1 is 1.19 bits per heavy atom. The number of benzene rings is 1. The van der Waals surface area contributed by atoms with Crippen LogP contribution in [0.3, 0.4) is 0 Å². The van der Waals surface area contributed by atoms with Crippen molar-refractivity contribution in [3.63, 3.8) is 0 Å². The fourth-order valence-electron chi connectivity index (χ4n) is 2.22. The first-order valence-electron chi connectivity index (χ1n) is 8.39. The molecule has 0 radical (unpaired) electrons. The maximum Gasteiger partial charge on any atom is 0.423 e. The molecule has 1 N–H and O–H groups in total. The molecular weight excluding hydrogens is 365 g/mol. The van der Waals surface area contributed by atoms with Crippen LogP contribution in [0.25, 0.3) is 0 Å². The van der Waals surface area contributed by atoms with Gasteiger partial charge in [-0.25, -0.2) is 4.98 Å². The second-order valence-corrected chi connectivity index (χ2v) is 5.75. The molecule has 10 heteroatoms. The third kappa shape index (κ3) is 6.08. The van der Waals surface area contributed by atoms with E-state index in [0.29, 0.717) is 18.3 Å². The van der Waals surface area contributed by atoms with Crippen LogP contribution >= 0.6 is 0 Å². The van der Waals surface area contributed by atoms with Gasteiger partial charge in [-0.15, -0.1) is 0 Å². The highest BCUT2D eigenvalue weighted by molar-refractivity contribution is 5.56. The number of hydrogen-bond acceptors (Lipinski definition) is 6. The maximum absolute atomic E-state index is 13.1. The molecule has 146 valence electrons. The van der Waals surface area contributed by atoms with Crippen LogP contribution < -0.4 is 10.1 Å². The van der Waals surface area contributed by atoms with Crippen LogP contribution in [0.4, 0.5) is 30.5 Å². The van der Waals surface area contributed by atoms with E-state index < -0.39 is 22.5 Å². The van der Waals surface area contributed by atoms with E-state index in [4.69, 9.17) is 4.74 Å². The lowest BCUT2D eigenvalue weighted by Crippen LogP contribution is -2.13. The van der Waals surface area contributed by atoms with Gasteiger partial charge in [-0.1, -0.05) is 26.2 Å². The summed E-state index contributed by atoms with van der Waals surface area (Å²) in [5.74, 6) is -0.640. The third-order valence-electron chi connectivity index (χ3n) is 3.63. The summed E-state index contributed by atoms with van der Waals surface area (Å²) in [5, 5.41) is 13.4. The number of unbranched alkanes of at least 4 members (excludes halogenated alkanes) is 3. The van der Waals surface area contributed by atoms with Crippen LogP contribution in [-0.2, 0) is 6.18 Å². The first-order valence-corrected chi connectivity index (χ1v) is 8.39. The van der Waals surface area contributed by atoms with E-state index in [1.165, 1.54) is 24.3 Å². The summed E-state index contributed by atoms with van der Waals surface area (Å²) < 4.78 is 44.6. The zero-order valence-electron chi connectivity index (χ0n) is 14.6. The highest BCUT2D eigenvalue weighted by Gasteiger charge is 2.36. The summed E-state index contributed by atoms with van der Waals surface area (Å²) in [5.41, 5.74) is -0.758. The van der Waals surface area contributed by atoms with Crippen LogP contribution in [0.2, 0.25) is 0 Å². The number of hydrogen-bond donors (Lipinski definition) is 1. The molecule has 1 aromatic carbocycles. The Morgan fingerprint density at radius 2 is 1.89 bits per heavy atom. The molecule has 0 bridgehead atoms. The normalized spacial score (nSPS) is 11.3.